The lowest BCUT2D eigenvalue weighted by Crippen LogP contribution is -2.47. The summed E-state index contributed by atoms with van der Waals surface area (Å²) >= 11 is 2.08. The predicted molar refractivity (Wildman–Crippen MR) is 84.2 cm³/mol. The second-order valence-corrected chi connectivity index (χ2v) is 7.07. The van der Waals surface area contributed by atoms with Crippen molar-refractivity contribution < 1.29 is 4.74 Å². The molecule has 0 amide bonds. The van der Waals surface area contributed by atoms with Crippen LogP contribution in [0.5, 0.6) is 5.75 Å². The van der Waals surface area contributed by atoms with E-state index in [1.54, 1.807) is 7.11 Å². The van der Waals surface area contributed by atoms with Gasteiger partial charge in [0.05, 0.1) is 7.11 Å². The van der Waals surface area contributed by atoms with Gasteiger partial charge < -0.3 is 10.1 Å². The SMILES string of the molecule is COc1ccc(CCNC2CSCCC2(C)C)cc1. The molecule has 0 aromatic heterocycles. The second-order valence-electron chi connectivity index (χ2n) is 5.92. The Bertz CT molecular complexity index is 388. The van der Waals surface area contributed by atoms with E-state index >= 15 is 0 Å². The number of thioether (sulfide) groups is 1. The lowest BCUT2D eigenvalue weighted by Gasteiger charge is -2.39. The number of benzene rings is 1. The summed E-state index contributed by atoms with van der Waals surface area (Å²) < 4.78 is 5.18. The van der Waals surface area contributed by atoms with Crippen LogP contribution in [-0.4, -0.2) is 31.2 Å². The number of hydrogen-bond acceptors (Lipinski definition) is 3. The van der Waals surface area contributed by atoms with Crippen molar-refractivity contribution in [2.45, 2.75) is 32.7 Å². The third-order valence-electron chi connectivity index (χ3n) is 4.08. The molecule has 0 bridgehead atoms. The van der Waals surface area contributed by atoms with Gasteiger partial charge >= 0.3 is 0 Å². The highest BCUT2D eigenvalue weighted by molar-refractivity contribution is 7.99. The highest BCUT2D eigenvalue weighted by Crippen LogP contribution is 2.34. The molecule has 2 rings (SSSR count). The molecular weight excluding hydrogens is 254 g/mol. The fraction of sp³-hybridized carbons (Fsp3) is 0.625. The fourth-order valence-electron chi connectivity index (χ4n) is 2.45. The molecule has 0 saturated carbocycles. The summed E-state index contributed by atoms with van der Waals surface area (Å²) in [6.45, 7) is 5.83. The topological polar surface area (TPSA) is 21.3 Å². The third kappa shape index (κ3) is 4.15. The van der Waals surface area contributed by atoms with Gasteiger partial charge in [0, 0.05) is 11.8 Å². The first kappa shape index (κ1) is 14.7. The lowest BCUT2D eigenvalue weighted by atomic mass is 9.82. The molecule has 1 N–H and O–H groups in total. The third-order valence-corrected chi connectivity index (χ3v) is 5.14. The van der Waals surface area contributed by atoms with E-state index in [-0.39, 0.29) is 0 Å². The van der Waals surface area contributed by atoms with Gasteiger partial charge in [0.2, 0.25) is 0 Å². The lowest BCUT2D eigenvalue weighted by molar-refractivity contribution is 0.247. The molecule has 0 spiro atoms. The van der Waals surface area contributed by atoms with Crippen molar-refractivity contribution in [3.63, 3.8) is 0 Å². The zero-order valence-electron chi connectivity index (χ0n) is 12.2. The maximum absolute atomic E-state index is 5.18. The minimum atomic E-state index is 0.436. The smallest absolute Gasteiger partial charge is 0.118 e. The van der Waals surface area contributed by atoms with Crippen molar-refractivity contribution in [3.8, 4) is 5.75 Å². The van der Waals surface area contributed by atoms with Crippen LogP contribution in [-0.2, 0) is 6.42 Å². The molecule has 0 aliphatic carbocycles. The van der Waals surface area contributed by atoms with Gasteiger partial charge in [-0.05, 0) is 48.3 Å². The van der Waals surface area contributed by atoms with Gasteiger partial charge in [-0.3, -0.25) is 0 Å². The van der Waals surface area contributed by atoms with Crippen LogP contribution >= 0.6 is 11.8 Å². The van der Waals surface area contributed by atoms with Gasteiger partial charge in [-0.15, -0.1) is 0 Å². The van der Waals surface area contributed by atoms with E-state index in [0.717, 1.165) is 18.7 Å². The van der Waals surface area contributed by atoms with Crippen LogP contribution < -0.4 is 10.1 Å². The monoisotopic (exact) mass is 279 g/mol. The van der Waals surface area contributed by atoms with Crippen LogP contribution in [0.3, 0.4) is 0 Å². The maximum Gasteiger partial charge on any atom is 0.118 e. The van der Waals surface area contributed by atoms with Gasteiger partial charge in [0.25, 0.3) is 0 Å². The van der Waals surface area contributed by atoms with Crippen molar-refractivity contribution in [1.29, 1.82) is 0 Å². The minimum Gasteiger partial charge on any atom is -0.497 e. The van der Waals surface area contributed by atoms with Crippen LogP contribution in [0.15, 0.2) is 24.3 Å². The number of rotatable bonds is 5. The van der Waals surface area contributed by atoms with Crippen LogP contribution in [0.2, 0.25) is 0 Å². The molecule has 2 nitrogen and oxygen atoms in total. The zero-order chi connectivity index (χ0) is 13.7. The van der Waals surface area contributed by atoms with Gasteiger partial charge in [-0.25, -0.2) is 0 Å². The molecule has 0 radical (unpaired) electrons. The summed E-state index contributed by atoms with van der Waals surface area (Å²) in [4.78, 5) is 0. The van der Waals surface area contributed by atoms with Crippen molar-refractivity contribution in [3.05, 3.63) is 29.8 Å². The molecular formula is C16H25NOS. The summed E-state index contributed by atoms with van der Waals surface area (Å²) in [6, 6.07) is 9.03. The van der Waals surface area contributed by atoms with E-state index in [4.69, 9.17) is 4.74 Å². The molecule has 1 atom stereocenters. The summed E-state index contributed by atoms with van der Waals surface area (Å²) in [5.74, 6) is 3.49. The Morgan fingerprint density at radius 3 is 2.68 bits per heavy atom. The molecule has 19 heavy (non-hydrogen) atoms. The van der Waals surface area contributed by atoms with Gasteiger partial charge in [0.1, 0.15) is 5.75 Å². The van der Waals surface area contributed by atoms with E-state index in [9.17, 15) is 0 Å². The number of nitrogens with one attached hydrogen (secondary N) is 1. The number of ether oxygens (including phenoxy) is 1. The number of methoxy groups -OCH3 is 1. The van der Waals surface area contributed by atoms with E-state index in [1.165, 1.54) is 23.5 Å². The molecule has 1 aliphatic rings. The fourth-order valence-corrected chi connectivity index (χ4v) is 4.10. The Morgan fingerprint density at radius 1 is 1.32 bits per heavy atom. The molecule has 1 saturated heterocycles. The molecule has 1 unspecified atom stereocenters. The first-order valence-corrected chi connectivity index (χ1v) is 8.21. The summed E-state index contributed by atoms with van der Waals surface area (Å²) in [5, 5.41) is 3.74. The zero-order valence-corrected chi connectivity index (χ0v) is 13.1. The molecule has 1 heterocycles. The van der Waals surface area contributed by atoms with Crippen LogP contribution in [0.1, 0.15) is 25.8 Å². The van der Waals surface area contributed by atoms with Crippen molar-refractivity contribution >= 4 is 11.8 Å². The quantitative estimate of drug-likeness (QED) is 0.893. The molecule has 3 heteroatoms. The summed E-state index contributed by atoms with van der Waals surface area (Å²) in [5.41, 5.74) is 1.81. The Balaban J connectivity index is 1.79. The van der Waals surface area contributed by atoms with Crippen molar-refractivity contribution in [2.75, 3.05) is 25.2 Å². The highest BCUT2D eigenvalue weighted by Gasteiger charge is 2.31. The van der Waals surface area contributed by atoms with Crippen LogP contribution in [0.4, 0.5) is 0 Å². The van der Waals surface area contributed by atoms with Crippen LogP contribution in [0.25, 0.3) is 0 Å². The largest absolute Gasteiger partial charge is 0.497 e. The van der Waals surface area contributed by atoms with E-state index < -0.39 is 0 Å². The highest BCUT2D eigenvalue weighted by atomic mass is 32.2. The van der Waals surface area contributed by atoms with E-state index in [0.29, 0.717) is 11.5 Å². The second kappa shape index (κ2) is 6.67. The minimum absolute atomic E-state index is 0.436. The van der Waals surface area contributed by atoms with Gasteiger partial charge in [0.15, 0.2) is 0 Å². The van der Waals surface area contributed by atoms with Gasteiger partial charge in [-0.2, -0.15) is 11.8 Å². The Kier molecular flexibility index (Phi) is 5.17. The summed E-state index contributed by atoms with van der Waals surface area (Å²) in [7, 11) is 1.71. The van der Waals surface area contributed by atoms with E-state index in [2.05, 4.69) is 43.1 Å². The van der Waals surface area contributed by atoms with Gasteiger partial charge in [-0.1, -0.05) is 26.0 Å². The Labute approximate surface area is 121 Å². The van der Waals surface area contributed by atoms with E-state index in [1.807, 2.05) is 12.1 Å². The first-order valence-electron chi connectivity index (χ1n) is 7.06. The average molecular weight is 279 g/mol. The number of hydrogen-bond donors (Lipinski definition) is 1. The van der Waals surface area contributed by atoms with Crippen molar-refractivity contribution in [1.82, 2.24) is 5.32 Å². The molecule has 106 valence electrons. The average Bonchev–Trinajstić information content (AvgIpc) is 2.41. The Hall–Kier alpha value is -0.670. The normalized spacial score (nSPS) is 22.2. The maximum atomic E-state index is 5.18. The predicted octanol–water partition coefficient (Wildman–Crippen LogP) is 3.36. The molecule has 1 aliphatic heterocycles. The first-order chi connectivity index (χ1) is 9.12. The molecule has 1 aromatic carbocycles. The van der Waals surface area contributed by atoms with Crippen LogP contribution in [0, 0.1) is 5.41 Å². The molecule has 1 aromatic rings. The molecule has 1 fully saturated rings. The standard InChI is InChI=1S/C16H25NOS/c1-16(2)9-11-19-12-15(16)17-10-8-13-4-6-14(18-3)7-5-13/h4-7,15,17H,8-12H2,1-3H3. The van der Waals surface area contributed by atoms with Crippen molar-refractivity contribution in [2.24, 2.45) is 5.41 Å². The summed E-state index contributed by atoms with van der Waals surface area (Å²) in [6.07, 6.45) is 2.40. The Morgan fingerprint density at radius 2 is 2.05 bits per heavy atom.